The lowest BCUT2D eigenvalue weighted by atomic mass is 10.1. The molecular formula is C22H26N6O2. The summed E-state index contributed by atoms with van der Waals surface area (Å²) in [4.78, 5) is 9.35. The molecule has 2 aromatic carbocycles. The molecule has 4 rings (SSSR count). The molecule has 7 N–H and O–H groups in total. The van der Waals surface area contributed by atoms with Gasteiger partial charge in [-0.1, -0.05) is 12.8 Å². The van der Waals surface area contributed by atoms with Crippen molar-refractivity contribution in [3.63, 3.8) is 0 Å². The molecule has 4 aromatic rings. The fourth-order valence-corrected chi connectivity index (χ4v) is 3.59. The van der Waals surface area contributed by atoms with Gasteiger partial charge in [-0.15, -0.1) is 0 Å². The minimum absolute atomic E-state index is 0.163. The highest BCUT2D eigenvalue weighted by atomic mass is 16.3. The maximum absolute atomic E-state index is 9.95. The van der Waals surface area contributed by atoms with Crippen molar-refractivity contribution in [1.82, 2.24) is 14.4 Å². The molecule has 8 nitrogen and oxygen atoms in total. The number of nitrogen functional groups attached to an aromatic ring is 1. The summed E-state index contributed by atoms with van der Waals surface area (Å²) in [6.45, 7) is 1.51. The second kappa shape index (κ2) is 8.46. The number of nitrogens with two attached hydrogens (primary N) is 2. The number of anilines is 2. The number of fused-ring (bicyclic) bond motifs is 3. The minimum atomic E-state index is -0.180. The highest BCUT2D eigenvalue weighted by Gasteiger charge is 2.16. The van der Waals surface area contributed by atoms with Gasteiger partial charge in [0.15, 0.2) is 23.0 Å². The summed E-state index contributed by atoms with van der Waals surface area (Å²) in [5, 5.41) is 23.0. The molecule has 0 fully saturated rings. The van der Waals surface area contributed by atoms with Gasteiger partial charge in [-0.05, 0) is 55.8 Å². The molecule has 0 aliphatic rings. The van der Waals surface area contributed by atoms with E-state index in [0.717, 1.165) is 61.1 Å². The number of nitrogens with one attached hydrogen (secondary N) is 1. The van der Waals surface area contributed by atoms with E-state index in [9.17, 15) is 10.2 Å². The number of nitrogens with zero attached hydrogens (tertiary/aromatic N) is 3. The van der Waals surface area contributed by atoms with Gasteiger partial charge in [-0.25, -0.2) is 9.97 Å². The van der Waals surface area contributed by atoms with Crippen LogP contribution in [0.15, 0.2) is 42.6 Å². The van der Waals surface area contributed by atoms with Crippen LogP contribution in [0.25, 0.3) is 27.9 Å². The normalized spacial score (nSPS) is 11.4. The molecule has 8 heteroatoms. The summed E-state index contributed by atoms with van der Waals surface area (Å²) in [6, 6.07) is 10.3. The average Bonchev–Trinajstić information content (AvgIpc) is 3.18. The zero-order valence-electron chi connectivity index (χ0n) is 16.7. The molecule has 0 unspecified atom stereocenters. The molecule has 0 atom stereocenters. The van der Waals surface area contributed by atoms with Crippen LogP contribution in [0.5, 0.6) is 11.5 Å². The number of aromatic nitrogens is 3. The van der Waals surface area contributed by atoms with Crippen LogP contribution in [0.4, 0.5) is 11.5 Å². The van der Waals surface area contributed by atoms with Crippen LogP contribution in [0.3, 0.4) is 0 Å². The van der Waals surface area contributed by atoms with Gasteiger partial charge in [0.1, 0.15) is 0 Å². The van der Waals surface area contributed by atoms with Crippen LogP contribution in [0.1, 0.15) is 25.7 Å². The number of phenols is 2. The number of hydrogen-bond donors (Lipinski definition) is 5. The second-order valence-corrected chi connectivity index (χ2v) is 7.34. The van der Waals surface area contributed by atoms with Gasteiger partial charge in [0.25, 0.3) is 0 Å². The van der Waals surface area contributed by atoms with Gasteiger partial charge < -0.3 is 27.0 Å². The summed E-state index contributed by atoms with van der Waals surface area (Å²) in [7, 11) is 0. The minimum Gasteiger partial charge on any atom is -0.504 e. The maximum atomic E-state index is 9.95. The van der Waals surface area contributed by atoms with Crippen LogP contribution in [0.2, 0.25) is 0 Å². The fraction of sp³-hybridized carbons (Fsp3) is 0.273. The zero-order valence-corrected chi connectivity index (χ0v) is 16.7. The lowest BCUT2D eigenvalue weighted by molar-refractivity contribution is 0.404. The first-order chi connectivity index (χ1) is 14.6. The van der Waals surface area contributed by atoms with Crippen molar-refractivity contribution < 1.29 is 10.2 Å². The predicted molar refractivity (Wildman–Crippen MR) is 120 cm³/mol. The Balaban J connectivity index is 1.76. The van der Waals surface area contributed by atoms with Crippen molar-refractivity contribution in [2.75, 3.05) is 24.1 Å². The van der Waals surface area contributed by atoms with Crippen LogP contribution < -0.4 is 16.8 Å². The number of phenolic OH excluding ortho intramolecular Hbond substituents is 2. The first kappa shape index (κ1) is 19.8. The summed E-state index contributed by atoms with van der Waals surface area (Å²) in [5.74, 6) is 0.339. The van der Waals surface area contributed by atoms with E-state index in [4.69, 9.17) is 16.5 Å². The molecular weight excluding hydrogens is 380 g/mol. The Morgan fingerprint density at radius 1 is 0.967 bits per heavy atom. The highest BCUT2D eigenvalue weighted by Crippen LogP contribution is 2.33. The number of aromatic hydroxyl groups is 2. The summed E-state index contributed by atoms with van der Waals surface area (Å²) in [5.41, 5.74) is 16.0. The Morgan fingerprint density at radius 3 is 2.60 bits per heavy atom. The van der Waals surface area contributed by atoms with Gasteiger partial charge in [-0.2, -0.15) is 0 Å². The first-order valence-electron chi connectivity index (χ1n) is 10.1. The maximum Gasteiger partial charge on any atom is 0.181 e. The Kier molecular flexibility index (Phi) is 5.58. The van der Waals surface area contributed by atoms with Gasteiger partial charge >= 0.3 is 0 Å². The van der Waals surface area contributed by atoms with E-state index < -0.39 is 0 Å². The number of hydrogen-bond acceptors (Lipinski definition) is 7. The largest absolute Gasteiger partial charge is 0.504 e. The number of imidazole rings is 1. The lowest BCUT2D eigenvalue weighted by Gasteiger charge is -2.12. The summed E-state index contributed by atoms with van der Waals surface area (Å²) >= 11 is 0. The Labute approximate surface area is 174 Å². The lowest BCUT2D eigenvalue weighted by Crippen LogP contribution is -2.07. The molecule has 0 aliphatic carbocycles. The fourth-order valence-electron chi connectivity index (χ4n) is 3.59. The van der Waals surface area contributed by atoms with Crippen LogP contribution >= 0.6 is 0 Å². The number of unbranched alkanes of at least 4 members (excludes halogenated alkanes) is 3. The third-order valence-corrected chi connectivity index (χ3v) is 5.14. The summed E-state index contributed by atoms with van der Waals surface area (Å²) in [6.07, 6.45) is 6.02. The van der Waals surface area contributed by atoms with Gasteiger partial charge in [0, 0.05) is 17.8 Å². The third-order valence-electron chi connectivity index (χ3n) is 5.14. The van der Waals surface area contributed by atoms with E-state index in [1.807, 2.05) is 22.6 Å². The Bertz CT molecular complexity index is 1190. The van der Waals surface area contributed by atoms with E-state index in [0.29, 0.717) is 17.2 Å². The molecule has 0 spiro atoms. The average molecular weight is 406 g/mol. The van der Waals surface area contributed by atoms with Crippen LogP contribution in [-0.2, 0) is 0 Å². The van der Waals surface area contributed by atoms with E-state index in [1.54, 1.807) is 12.3 Å². The summed E-state index contributed by atoms with van der Waals surface area (Å²) < 4.78 is 1.99. The molecule has 156 valence electrons. The molecule has 0 saturated carbocycles. The standard InChI is InChI=1S/C22H26N6O2/c23-9-3-1-2-4-10-25-21-22-26-13-18(14-5-8-19(29)20(30)11-14)28(22)17-7-6-15(24)12-16(17)27-21/h5-8,11-13,29-30H,1-4,9-10,23-24H2,(H,25,27). The monoisotopic (exact) mass is 406 g/mol. The van der Waals surface area contributed by atoms with Crippen molar-refractivity contribution in [1.29, 1.82) is 0 Å². The van der Waals surface area contributed by atoms with E-state index >= 15 is 0 Å². The van der Waals surface area contributed by atoms with Crippen molar-refractivity contribution in [2.24, 2.45) is 5.73 Å². The number of benzene rings is 2. The smallest absolute Gasteiger partial charge is 0.181 e. The second-order valence-electron chi connectivity index (χ2n) is 7.34. The topological polar surface area (TPSA) is 135 Å². The molecule has 0 saturated heterocycles. The van der Waals surface area contributed by atoms with Gasteiger partial charge in [-0.3, -0.25) is 4.40 Å². The quantitative estimate of drug-likeness (QED) is 0.172. The van der Waals surface area contributed by atoms with E-state index in [1.165, 1.54) is 12.1 Å². The Morgan fingerprint density at radius 2 is 1.80 bits per heavy atom. The van der Waals surface area contributed by atoms with Crippen LogP contribution in [-0.4, -0.2) is 37.7 Å². The molecule has 2 aromatic heterocycles. The number of rotatable bonds is 8. The van der Waals surface area contributed by atoms with Crippen molar-refractivity contribution >= 4 is 28.2 Å². The first-order valence-corrected chi connectivity index (χ1v) is 10.1. The molecule has 30 heavy (non-hydrogen) atoms. The third kappa shape index (κ3) is 3.81. The molecule has 2 heterocycles. The molecule has 0 aliphatic heterocycles. The molecule has 0 radical (unpaired) electrons. The van der Waals surface area contributed by atoms with Crippen LogP contribution in [0, 0.1) is 0 Å². The SMILES string of the molecule is NCCCCCCNc1nc2cc(N)ccc2n2c(-c3ccc(O)c(O)c3)cnc12. The molecule has 0 amide bonds. The Hall–Kier alpha value is -3.52. The zero-order chi connectivity index (χ0) is 21.1. The van der Waals surface area contributed by atoms with Crippen molar-refractivity contribution in [3.05, 3.63) is 42.6 Å². The van der Waals surface area contributed by atoms with Crippen molar-refractivity contribution in [3.8, 4) is 22.8 Å². The highest BCUT2D eigenvalue weighted by molar-refractivity contribution is 5.88. The van der Waals surface area contributed by atoms with Gasteiger partial charge in [0.05, 0.1) is 22.9 Å². The molecule has 0 bridgehead atoms. The van der Waals surface area contributed by atoms with E-state index in [-0.39, 0.29) is 11.5 Å². The predicted octanol–water partition coefficient (Wildman–Crippen LogP) is 3.47. The van der Waals surface area contributed by atoms with E-state index in [2.05, 4.69) is 10.3 Å². The van der Waals surface area contributed by atoms with Gasteiger partial charge in [0.2, 0.25) is 0 Å². The van der Waals surface area contributed by atoms with Crippen molar-refractivity contribution in [2.45, 2.75) is 25.7 Å².